The lowest BCUT2D eigenvalue weighted by Gasteiger charge is -2.29. The Hall–Kier alpha value is -2.12. The summed E-state index contributed by atoms with van der Waals surface area (Å²) in [6.07, 6.45) is -2.60. The number of aliphatic hydroxyl groups is 3. The Morgan fingerprint density at radius 3 is 1.88 bits per heavy atom. The van der Waals surface area contributed by atoms with Crippen molar-refractivity contribution >= 4 is 23.7 Å². The normalized spacial score (nSPS) is 16.9. The van der Waals surface area contributed by atoms with Gasteiger partial charge in [0.2, 0.25) is 17.7 Å². The summed E-state index contributed by atoms with van der Waals surface area (Å²) in [5, 5.41) is 38.8. The molecule has 0 bridgehead atoms. The predicted octanol–water partition coefficient (Wildman–Crippen LogP) is -4.68. The van der Waals surface area contributed by atoms with Crippen LogP contribution in [0.5, 0.6) is 0 Å². The highest BCUT2D eigenvalue weighted by molar-refractivity contribution is 6.03. The number of amides is 3. The first-order valence-electron chi connectivity index (χ1n) is 7.30. The van der Waals surface area contributed by atoms with E-state index in [0.717, 1.165) is 6.92 Å². The fraction of sp³-hybridized carbons (Fsp3) is 0.692. The number of hydrogen-bond acceptors (Lipinski definition) is 9. The van der Waals surface area contributed by atoms with E-state index in [-0.39, 0.29) is 4.90 Å². The molecular weight excluding hydrogens is 340 g/mol. The van der Waals surface area contributed by atoms with Crippen LogP contribution < -0.4 is 16.8 Å². The van der Waals surface area contributed by atoms with Gasteiger partial charge in [0.25, 0.3) is 0 Å². The van der Waals surface area contributed by atoms with Crippen LogP contribution >= 0.6 is 0 Å². The minimum atomic E-state index is -1.95. The number of imide groups is 1. The number of nitrogens with zero attached hydrogens (tertiary/aromatic N) is 1. The molecule has 9 N–H and O–H groups in total. The molecule has 12 nitrogen and oxygen atoms in total. The molecule has 0 spiro atoms. The molecular formula is C13H24N4O8. The molecule has 0 radical (unpaired) electrons. The summed E-state index contributed by atoms with van der Waals surface area (Å²) in [6.45, 7) is 0.473. The van der Waals surface area contributed by atoms with Crippen molar-refractivity contribution in [1.29, 1.82) is 0 Å². The zero-order chi connectivity index (χ0) is 19.9. The fourth-order valence-electron chi connectivity index (χ4n) is 1.67. The Balaban J connectivity index is 5.33. The van der Waals surface area contributed by atoms with E-state index in [1.807, 2.05) is 5.32 Å². The zero-order valence-electron chi connectivity index (χ0n) is 13.8. The molecule has 0 rings (SSSR count). The van der Waals surface area contributed by atoms with Gasteiger partial charge in [0, 0.05) is 0 Å². The third-order valence-corrected chi connectivity index (χ3v) is 3.32. The van der Waals surface area contributed by atoms with Gasteiger partial charge >= 0.3 is 5.97 Å². The highest BCUT2D eigenvalue weighted by Crippen LogP contribution is 2.06. The Morgan fingerprint density at radius 2 is 1.52 bits per heavy atom. The van der Waals surface area contributed by atoms with Gasteiger partial charge in [0.05, 0.1) is 25.4 Å². The second-order valence-electron chi connectivity index (χ2n) is 5.39. The third-order valence-electron chi connectivity index (χ3n) is 3.32. The molecule has 5 atom stereocenters. The Kier molecular flexibility index (Phi) is 9.16. The third kappa shape index (κ3) is 6.36. The summed E-state index contributed by atoms with van der Waals surface area (Å²) >= 11 is 0. The molecule has 0 saturated heterocycles. The van der Waals surface area contributed by atoms with Gasteiger partial charge in [-0.3, -0.25) is 19.3 Å². The number of carboxylic acid groups (broad SMARTS) is 1. The van der Waals surface area contributed by atoms with Crippen LogP contribution in [-0.4, -0.2) is 92.5 Å². The first-order chi connectivity index (χ1) is 11.4. The quantitative estimate of drug-likeness (QED) is 0.207. The van der Waals surface area contributed by atoms with Crippen LogP contribution in [0.4, 0.5) is 0 Å². The van der Waals surface area contributed by atoms with Crippen molar-refractivity contribution in [3.63, 3.8) is 0 Å². The lowest BCUT2D eigenvalue weighted by atomic mass is 10.1. The Morgan fingerprint density at radius 1 is 1.04 bits per heavy atom. The van der Waals surface area contributed by atoms with E-state index < -0.39 is 67.2 Å². The average molecular weight is 364 g/mol. The first-order valence-corrected chi connectivity index (χ1v) is 7.30. The van der Waals surface area contributed by atoms with Crippen LogP contribution in [0.1, 0.15) is 13.8 Å². The maximum absolute atomic E-state index is 12.2. The molecule has 0 unspecified atom stereocenters. The summed E-state index contributed by atoms with van der Waals surface area (Å²) in [5.41, 5.74) is 10.8. The number of carbonyl (C=O) groups is 4. The summed E-state index contributed by atoms with van der Waals surface area (Å²) < 4.78 is 0. The standard InChI is InChI=1S/C13H24N4O8/c1-5(19)9(14)11(22)16-3-8(21)17(7(4-18)13(24)25)12(23)10(15)6(2)20/h5-7,9-10,18-20H,3-4,14-15H2,1-2H3,(H,16,22)(H,24,25)/t5-,6+,7-,9-,10-/m0/s1. The molecule has 0 aliphatic rings. The maximum atomic E-state index is 12.2. The number of hydrogen-bond donors (Lipinski definition) is 7. The van der Waals surface area contributed by atoms with Crippen LogP contribution in [0.2, 0.25) is 0 Å². The fourth-order valence-corrected chi connectivity index (χ4v) is 1.67. The van der Waals surface area contributed by atoms with Gasteiger partial charge in [-0.05, 0) is 13.8 Å². The molecule has 0 aromatic heterocycles. The molecule has 0 aliphatic carbocycles. The number of rotatable bonds is 9. The second-order valence-corrected chi connectivity index (χ2v) is 5.39. The highest BCUT2D eigenvalue weighted by atomic mass is 16.4. The number of aliphatic hydroxyl groups excluding tert-OH is 3. The van der Waals surface area contributed by atoms with Gasteiger partial charge < -0.3 is 37.2 Å². The van der Waals surface area contributed by atoms with E-state index in [0.29, 0.717) is 0 Å². The number of nitrogens with two attached hydrogens (primary N) is 2. The van der Waals surface area contributed by atoms with Crippen molar-refractivity contribution in [2.45, 2.75) is 44.2 Å². The van der Waals surface area contributed by atoms with Gasteiger partial charge in [-0.2, -0.15) is 0 Å². The van der Waals surface area contributed by atoms with Crippen LogP contribution in [0.25, 0.3) is 0 Å². The smallest absolute Gasteiger partial charge is 0.329 e. The molecule has 25 heavy (non-hydrogen) atoms. The second kappa shape index (κ2) is 10.0. The molecule has 12 heteroatoms. The van der Waals surface area contributed by atoms with Crippen molar-refractivity contribution in [2.24, 2.45) is 11.5 Å². The number of aliphatic carboxylic acids is 1. The van der Waals surface area contributed by atoms with Crippen LogP contribution in [0.15, 0.2) is 0 Å². The molecule has 0 aliphatic heterocycles. The number of nitrogens with one attached hydrogen (secondary N) is 1. The van der Waals surface area contributed by atoms with Crippen molar-refractivity contribution in [1.82, 2.24) is 10.2 Å². The SMILES string of the molecule is C[C@H](O)[C@H](N)C(=O)NCC(=O)N(C(=O)[C@@H](N)[C@@H](C)O)[C@@H](CO)C(=O)O. The predicted molar refractivity (Wildman–Crippen MR) is 82.7 cm³/mol. The largest absolute Gasteiger partial charge is 0.480 e. The summed E-state index contributed by atoms with van der Waals surface area (Å²) in [5.74, 6) is -5.02. The zero-order valence-corrected chi connectivity index (χ0v) is 13.8. The van der Waals surface area contributed by atoms with Crippen molar-refractivity contribution in [3.8, 4) is 0 Å². The van der Waals surface area contributed by atoms with E-state index in [4.69, 9.17) is 21.7 Å². The minimum absolute atomic E-state index is 0.161. The minimum Gasteiger partial charge on any atom is -0.480 e. The first kappa shape index (κ1) is 22.9. The Bertz CT molecular complexity index is 510. The molecule has 144 valence electrons. The van der Waals surface area contributed by atoms with Crippen LogP contribution in [0, 0.1) is 0 Å². The van der Waals surface area contributed by atoms with E-state index in [1.54, 1.807) is 0 Å². The van der Waals surface area contributed by atoms with Crippen molar-refractivity contribution in [2.75, 3.05) is 13.2 Å². The van der Waals surface area contributed by atoms with E-state index in [2.05, 4.69) is 0 Å². The number of carboxylic acids is 1. The van der Waals surface area contributed by atoms with E-state index in [9.17, 15) is 29.4 Å². The lowest BCUT2D eigenvalue weighted by molar-refractivity contribution is -0.161. The van der Waals surface area contributed by atoms with E-state index in [1.165, 1.54) is 6.92 Å². The van der Waals surface area contributed by atoms with Crippen molar-refractivity contribution < 1.29 is 39.6 Å². The molecule has 0 fully saturated rings. The molecule has 0 aromatic carbocycles. The van der Waals surface area contributed by atoms with E-state index >= 15 is 0 Å². The topological polar surface area (TPSA) is 217 Å². The number of carbonyl (C=O) groups excluding carboxylic acids is 3. The van der Waals surface area contributed by atoms with Crippen LogP contribution in [0.3, 0.4) is 0 Å². The van der Waals surface area contributed by atoms with Gasteiger partial charge in [-0.1, -0.05) is 0 Å². The maximum Gasteiger partial charge on any atom is 0.329 e. The Labute approximate surface area is 143 Å². The molecule has 3 amide bonds. The lowest BCUT2D eigenvalue weighted by Crippen LogP contribution is -2.60. The summed E-state index contributed by atoms with van der Waals surface area (Å²) in [6, 6.07) is -4.91. The van der Waals surface area contributed by atoms with Crippen molar-refractivity contribution in [3.05, 3.63) is 0 Å². The monoisotopic (exact) mass is 364 g/mol. The van der Waals surface area contributed by atoms with Crippen LogP contribution in [-0.2, 0) is 19.2 Å². The molecule has 0 saturated carbocycles. The van der Waals surface area contributed by atoms with Gasteiger partial charge in [0.1, 0.15) is 12.1 Å². The summed E-state index contributed by atoms with van der Waals surface area (Å²) in [7, 11) is 0. The van der Waals surface area contributed by atoms with Gasteiger partial charge in [-0.15, -0.1) is 0 Å². The summed E-state index contributed by atoms with van der Waals surface area (Å²) in [4.78, 5) is 47.3. The molecule has 0 heterocycles. The highest BCUT2D eigenvalue weighted by Gasteiger charge is 2.38. The average Bonchev–Trinajstić information content (AvgIpc) is 2.54. The molecule has 0 aromatic rings. The van der Waals surface area contributed by atoms with Gasteiger partial charge in [-0.25, -0.2) is 4.79 Å². The van der Waals surface area contributed by atoms with Gasteiger partial charge in [0.15, 0.2) is 6.04 Å².